The highest BCUT2D eigenvalue weighted by Gasteiger charge is 2.01. The summed E-state index contributed by atoms with van der Waals surface area (Å²) in [5, 5.41) is 3.20. The van der Waals surface area contributed by atoms with E-state index in [1.807, 2.05) is 31.2 Å². The highest BCUT2D eigenvalue weighted by Crippen LogP contribution is 2.20. The van der Waals surface area contributed by atoms with Gasteiger partial charge in [0.05, 0.1) is 0 Å². The Labute approximate surface area is 107 Å². The van der Waals surface area contributed by atoms with E-state index < -0.39 is 0 Å². The Bertz CT molecular complexity index is 497. The highest BCUT2D eigenvalue weighted by molar-refractivity contribution is 5.39. The quantitative estimate of drug-likeness (QED) is 0.874. The zero-order valence-electron chi connectivity index (χ0n) is 10.7. The molecule has 94 valence electrons. The fraction of sp³-hybridized carbons (Fsp3) is 0.286. The van der Waals surface area contributed by atoms with Crippen molar-refractivity contribution in [3.8, 4) is 11.6 Å². The van der Waals surface area contributed by atoms with Crippen LogP contribution in [0.4, 0.5) is 5.82 Å². The van der Waals surface area contributed by atoms with Crippen molar-refractivity contribution in [3.63, 3.8) is 0 Å². The van der Waals surface area contributed by atoms with Crippen LogP contribution in [-0.4, -0.2) is 16.5 Å². The first-order chi connectivity index (χ1) is 8.78. The zero-order valence-corrected chi connectivity index (χ0v) is 10.7. The van der Waals surface area contributed by atoms with Crippen LogP contribution in [0.15, 0.2) is 36.7 Å². The van der Waals surface area contributed by atoms with Crippen LogP contribution >= 0.6 is 0 Å². The summed E-state index contributed by atoms with van der Waals surface area (Å²) >= 11 is 0. The Morgan fingerprint density at radius 2 is 1.94 bits per heavy atom. The standard InChI is InChI=1S/C14H17N3O/c1-3-8-15-13-9-14(17-10-16-13)18-12-6-4-11(2)5-7-12/h4-7,9-10H,3,8H2,1-2H3,(H,15,16,17). The lowest BCUT2D eigenvalue weighted by atomic mass is 10.2. The molecular formula is C14H17N3O. The summed E-state index contributed by atoms with van der Waals surface area (Å²) in [4.78, 5) is 8.22. The van der Waals surface area contributed by atoms with Crippen LogP contribution in [-0.2, 0) is 0 Å². The van der Waals surface area contributed by atoms with Gasteiger partial charge in [0.2, 0.25) is 5.88 Å². The Hall–Kier alpha value is -2.10. The van der Waals surface area contributed by atoms with Gasteiger partial charge < -0.3 is 10.1 Å². The number of aromatic nitrogens is 2. The van der Waals surface area contributed by atoms with E-state index in [1.54, 1.807) is 6.07 Å². The number of anilines is 1. The van der Waals surface area contributed by atoms with E-state index in [-0.39, 0.29) is 0 Å². The fourth-order valence-corrected chi connectivity index (χ4v) is 1.47. The predicted molar refractivity (Wildman–Crippen MR) is 72.1 cm³/mol. The largest absolute Gasteiger partial charge is 0.439 e. The molecule has 0 bridgehead atoms. The monoisotopic (exact) mass is 243 g/mol. The summed E-state index contributed by atoms with van der Waals surface area (Å²) in [5.74, 6) is 2.11. The van der Waals surface area contributed by atoms with Gasteiger partial charge in [0, 0.05) is 12.6 Å². The lowest BCUT2D eigenvalue weighted by Gasteiger charge is -2.07. The second kappa shape index (κ2) is 6.00. The number of hydrogen-bond donors (Lipinski definition) is 1. The minimum Gasteiger partial charge on any atom is -0.439 e. The van der Waals surface area contributed by atoms with Gasteiger partial charge in [0.1, 0.15) is 17.9 Å². The number of benzene rings is 1. The third kappa shape index (κ3) is 3.45. The van der Waals surface area contributed by atoms with Crippen LogP contribution in [0.25, 0.3) is 0 Å². The van der Waals surface area contributed by atoms with E-state index in [4.69, 9.17) is 4.74 Å². The van der Waals surface area contributed by atoms with Gasteiger partial charge in [-0.05, 0) is 25.5 Å². The van der Waals surface area contributed by atoms with Gasteiger partial charge >= 0.3 is 0 Å². The third-order valence-corrected chi connectivity index (χ3v) is 2.44. The lowest BCUT2D eigenvalue weighted by molar-refractivity contribution is 0.461. The maximum atomic E-state index is 5.66. The molecule has 0 aliphatic rings. The maximum absolute atomic E-state index is 5.66. The van der Waals surface area contributed by atoms with Crippen LogP contribution in [0.1, 0.15) is 18.9 Å². The zero-order chi connectivity index (χ0) is 12.8. The van der Waals surface area contributed by atoms with Gasteiger partial charge in [-0.3, -0.25) is 0 Å². The van der Waals surface area contributed by atoms with Crippen molar-refractivity contribution in [2.24, 2.45) is 0 Å². The van der Waals surface area contributed by atoms with Crippen molar-refractivity contribution in [3.05, 3.63) is 42.2 Å². The highest BCUT2D eigenvalue weighted by atomic mass is 16.5. The van der Waals surface area contributed by atoms with E-state index in [1.165, 1.54) is 11.9 Å². The Morgan fingerprint density at radius 1 is 1.17 bits per heavy atom. The molecule has 0 spiro atoms. The first-order valence-electron chi connectivity index (χ1n) is 6.08. The van der Waals surface area contributed by atoms with Crippen molar-refractivity contribution in [2.45, 2.75) is 20.3 Å². The van der Waals surface area contributed by atoms with Crippen LogP contribution in [0.3, 0.4) is 0 Å². The van der Waals surface area contributed by atoms with Crippen LogP contribution < -0.4 is 10.1 Å². The summed E-state index contributed by atoms with van der Waals surface area (Å²) < 4.78 is 5.66. The number of aryl methyl sites for hydroxylation is 1. The fourth-order valence-electron chi connectivity index (χ4n) is 1.47. The Morgan fingerprint density at radius 3 is 2.67 bits per heavy atom. The topological polar surface area (TPSA) is 47.0 Å². The lowest BCUT2D eigenvalue weighted by Crippen LogP contribution is -2.02. The number of hydrogen-bond acceptors (Lipinski definition) is 4. The second-order valence-electron chi connectivity index (χ2n) is 4.08. The molecule has 0 saturated heterocycles. The summed E-state index contributed by atoms with van der Waals surface area (Å²) in [7, 11) is 0. The van der Waals surface area contributed by atoms with Crippen LogP contribution in [0.5, 0.6) is 11.6 Å². The van der Waals surface area contributed by atoms with E-state index >= 15 is 0 Å². The first kappa shape index (κ1) is 12.4. The summed E-state index contributed by atoms with van der Waals surface area (Å²) in [6, 6.07) is 9.67. The molecule has 0 saturated carbocycles. The van der Waals surface area contributed by atoms with Gasteiger partial charge in [0.25, 0.3) is 0 Å². The van der Waals surface area contributed by atoms with Gasteiger partial charge in [-0.1, -0.05) is 24.6 Å². The molecule has 0 fully saturated rings. The molecule has 0 atom stereocenters. The normalized spacial score (nSPS) is 10.1. The molecule has 0 aliphatic carbocycles. The summed E-state index contributed by atoms with van der Waals surface area (Å²) in [5.41, 5.74) is 1.20. The minimum atomic E-state index is 0.549. The molecule has 2 aromatic rings. The van der Waals surface area contributed by atoms with E-state index in [0.717, 1.165) is 24.5 Å². The smallest absolute Gasteiger partial charge is 0.224 e. The molecule has 0 aliphatic heterocycles. The number of ether oxygens (including phenoxy) is 1. The molecule has 0 radical (unpaired) electrons. The van der Waals surface area contributed by atoms with Gasteiger partial charge in [-0.15, -0.1) is 0 Å². The van der Waals surface area contributed by atoms with Crippen molar-refractivity contribution >= 4 is 5.82 Å². The van der Waals surface area contributed by atoms with E-state index in [0.29, 0.717) is 5.88 Å². The second-order valence-corrected chi connectivity index (χ2v) is 4.08. The molecule has 0 amide bonds. The number of nitrogens with one attached hydrogen (secondary N) is 1. The van der Waals surface area contributed by atoms with Gasteiger partial charge in [0.15, 0.2) is 0 Å². The van der Waals surface area contributed by atoms with Crippen molar-refractivity contribution in [2.75, 3.05) is 11.9 Å². The molecule has 2 rings (SSSR count). The summed E-state index contributed by atoms with van der Waals surface area (Å²) in [6.45, 7) is 5.04. The SMILES string of the molecule is CCCNc1cc(Oc2ccc(C)cc2)ncn1. The van der Waals surface area contributed by atoms with Crippen LogP contribution in [0.2, 0.25) is 0 Å². The van der Waals surface area contributed by atoms with Crippen LogP contribution in [0, 0.1) is 6.92 Å². The molecule has 4 nitrogen and oxygen atoms in total. The van der Waals surface area contributed by atoms with E-state index in [2.05, 4.69) is 22.2 Å². The first-order valence-corrected chi connectivity index (χ1v) is 6.08. The Kier molecular flexibility index (Phi) is 4.12. The molecule has 1 heterocycles. The van der Waals surface area contributed by atoms with Gasteiger partial charge in [-0.25, -0.2) is 9.97 Å². The summed E-state index contributed by atoms with van der Waals surface area (Å²) in [6.07, 6.45) is 2.56. The average Bonchev–Trinajstić information content (AvgIpc) is 2.40. The average molecular weight is 243 g/mol. The van der Waals surface area contributed by atoms with Crippen molar-refractivity contribution < 1.29 is 4.74 Å². The minimum absolute atomic E-state index is 0.549. The third-order valence-electron chi connectivity index (χ3n) is 2.44. The molecule has 4 heteroatoms. The van der Waals surface area contributed by atoms with Crippen molar-refractivity contribution in [1.29, 1.82) is 0 Å². The van der Waals surface area contributed by atoms with E-state index in [9.17, 15) is 0 Å². The molecule has 1 aromatic heterocycles. The maximum Gasteiger partial charge on any atom is 0.224 e. The number of rotatable bonds is 5. The Balaban J connectivity index is 2.06. The predicted octanol–water partition coefficient (Wildman–Crippen LogP) is 3.40. The molecular weight excluding hydrogens is 226 g/mol. The molecule has 0 unspecified atom stereocenters. The molecule has 18 heavy (non-hydrogen) atoms. The molecule has 1 N–H and O–H groups in total. The van der Waals surface area contributed by atoms with Gasteiger partial charge in [-0.2, -0.15) is 0 Å². The molecule has 1 aromatic carbocycles. The number of nitrogens with zero attached hydrogens (tertiary/aromatic N) is 2. The van der Waals surface area contributed by atoms with Crippen molar-refractivity contribution in [1.82, 2.24) is 9.97 Å².